The molecular formula is C13H15BrClNO2. The lowest BCUT2D eigenvalue weighted by molar-refractivity contribution is 0.0784. The van der Waals surface area contributed by atoms with Crippen molar-refractivity contribution in [1.82, 2.24) is 4.90 Å². The first kappa shape index (κ1) is 13.8. The maximum Gasteiger partial charge on any atom is 0.255 e. The van der Waals surface area contributed by atoms with E-state index in [1.807, 2.05) is 4.90 Å². The largest absolute Gasteiger partial charge is 0.396 e. The van der Waals surface area contributed by atoms with Gasteiger partial charge in [-0.05, 0) is 52.9 Å². The lowest BCUT2D eigenvalue weighted by Gasteiger charge is -2.17. The molecule has 3 nitrogen and oxygen atoms in total. The van der Waals surface area contributed by atoms with Gasteiger partial charge in [0.1, 0.15) is 0 Å². The van der Waals surface area contributed by atoms with Gasteiger partial charge in [-0.25, -0.2) is 0 Å². The molecule has 1 aromatic carbocycles. The highest BCUT2D eigenvalue weighted by atomic mass is 79.9. The second-order valence-electron chi connectivity index (χ2n) is 4.54. The van der Waals surface area contributed by atoms with Crippen LogP contribution in [-0.2, 0) is 0 Å². The van der Waals surface area contributed by atoms with Gasteiger partial charge in [0.2, 0.25) is 0 Å². The summed E-state index contributed by atoms with van der Waals surface area (Å²) in [5, 5.41) is 9.53. The Bertz CT molecular complexity index is 453. The standard InChI is InChI=1S/C13H15BrClNO2/c14-12-7-10(15)1-2-11(12)13(18)16-5-3-9(8-16)4-6-17/h1-2,7,9,17H,3-6,8H2. The van der Waals surface area contributed by atoms with Gasteiger partial charge in [-0.1, -0.05) is 11.6 Å². The van der Waals surface area contributed by atoms with Gasteiger partial charge in [-0.2, -0.15) is 0 Å². The zero-order valence-electron chi connectivity index (χ0n) is 9.90. The van der Waals surface area contributed by atoms with E-state index in [0.717, 1.165) is 30.4 Å². The van der Waals surface area contributed by atoms with Crippen LogP contribution in [0.1, 0.15) is 23.2 Å². The molecular weight excluding hydrogens is 318 g/mol. The van der Waals surface area contributed by atoms with Crippen LogP contribution in [-0.4, -0.2) is 35.6 Å². The molecule has 2 rings (SSSR count). The van der Waals surface area contributed by atoms with Gasteiger partial charge in [0, 0.05) is 29.2 Å². The number of benzene rings is 1. The number of carbonyl (C=O) groups is 1. The van der Waals surface area contributed by atoms with Crippen LogP contribution in [0.3, 0.4) is 0 Å². The molecule has 0 saturated carbocycles. The number of likely N-dealkylation sites (tertiary alicyclic amines) is 1. The highest BCUT2D eigenvalue weighted by Crippen LogP contribution is 2.26. The summed E-state index contributed by atoms with van der Waals surface area (Å²) in [6, 6.07) is 5.20. The van der Waals surface area contributed by atoms with E-state index in [9.17, 15) is 4.79 Å². The van der Waals surface area contributed by atoms with Crippen molar-refractivity contribution in [2.45, 2.75) is 12.8 Å². The molecule has 1 amide bonds. The molecule has 0 aliphatic carbocycles. The molecule has 1 aliphatic rings. The van der Waals surface area contributed by atoms with Crippen molar-refractivity contribution in [3.63, 3.8) is 0 Å². The molecule has 1 unspecified atom stereocenters. The van der Waals surface area contributed by atoms with E-state index >= 15 is 0 Å². The molecule has 98 valence electrons. The average Bonchev–Trinajstić information content (AvgIpc) is 2.77. The number of halogens is 2. The van der Waals surface area contributed by atoms with Crippen molar-refractivity contribution >= 4 is 33.4 Å². The third-order valence-corrected chi connectivity index (χ3v) is 4.16. The molecule has 1 N–H and O–H groups in total. The van der Waals surface area contributed by atoms with Crippen LogP contribution >= 0.6 is 27.5 Å². The van der Waals surface area contributed by atoms with Crippen LogP contribution in [0.5, 0.6) is 0 Å². The molecule has 1 fully saturated rings. The topological polar surface area (TPSA) is 40.5 Å². The lowest BCUT2D eigenvalue weighted by Crippen LogP contribution is -2.29. The Morgan fingerprint density at radius 2 is 2.33 bits per heavy atom. The summed E-state index contributed by atoms with van der Waals surface area (Å²) >= 11 is 9.23. The molecule has 1 atom stereocenters. The van der Waals surface area contributed by atoms with Gasteiger partial charge in [0.15, 0.2) is 0 Å². The molecule has 1 aliphatic heterocycles. The SMILES string of the molecule is O=C(c1ccc(Cl)cc1Br)N1CCC(CCO)C1. The van der Waals surface area contributed by atoms with Gasteiger partial charge in [-0.15, -0.1) is 0 Å². The summed E-state index contributed by atoms with van der Waals surface area (Å²) in [7, 11) is 0. The Kier molecular flexibility index (Phi) is 4.65. The zero-order valence-corrected chi connectivity index (χ0v) is 12.2. The summed E-state index contributed by atoms with van der Waals surface area (Å²) in [5.74, 6) is 0.448. The molecule has 0 radical (unpaired) electrons. The summed E-state index contributed by atoms with van der Waals surface area (Å²) in [4.78, 5) is 14.2. The fourth-order valence-corrected chi connectivity index (χ4v) is 3.12. The predicted octanol–water partition coefficient (Wildman–Crippen LogP) is 2.95. The van der Waals surface area contributed by atoms with E-state index in [1.54, 1.807) is 18.2 Å². The second kappa shape index (κ2) is 6.04. The molecule has 18 heavy (non-hydrogen) atoms. The Labute approximate surface area is 120 Å². The van der Waals surface area contributed by atoms with E-state index < -0.39 is 0 Å². The molecule has 0 spiro atoms. The monoisotopic (exact) mass is 331 g/mol. The van der Waals surface area contributed by atoms with E-state index in [1.165, 1.54) is 0 Å². The first-order valence-corrected chi connectivity index (χ1v) is 7.14. The number of aliphatic hydroxyl groups is 1. The summed E-state index contributed by atoms with van der Waals surface area (Å²) in [6.07, 6.45) is 1.74. The van der Waals surface area contributed by atoms with E-state index in [0.29, 0.717) is 16.5 Å². The highest BCUT2D eigenvalue weighted by molar-refractivity contribution is 9.10. The normalized spacial score (nSPS) is 19.3. The van der Waals surface area contributed by atoms with Crippen LogP contribution in [0.4, 0.5) is 0 Å². The Hall–Kier alpha value is -0.580. The fourth-order valence-electron chi connectivity index (χ4n) is 2.27. The van der Waals surface area contributed by atoms with Crippen molar-refractivity contribution in [3.05, 3.63) is 33.3 Å². The number of carbonyl (C=O) groups excluding carboxylic acids is 1. The number of nitrogens with zero attached hydrogens (tertiary/aromatic N) is 1. The Morgan fingerprint density at radius 1 is 1.56 bits per heavy atom. The smallest absolute Gasteiger partial charge is 0.255 e. The van der Waals surface area contributed by atoms with Crippen molar-refractivity contribution in [1.29, 1.82) is 0 Å². The van der Waals surface area contributed by atoms with Crippen LogP contribution in [0.2, 0.25) is 5.02 Å². The Morgan fingerprint density at radius 3 is 3.00 bits per heavy atom. The van der Waals surface area contributed by atoms with Crippen LogP contribution in [0.25, 0.3) is 0 Å². The van der Waals surface area contributed by atoms with Gasteiger partial charge in [0.05, 0.1) is 5.56 Å². The molecule has 0 aromatic heterocycles. The number of rotatable bonds is 3. The summed E-state index contributed by atoms with van der Waals surface area (Å²) < 4.78 is 0.727. The molecule has 5 heteroatoms. The zero-order chi connectivity index (χ0) is 13.1. The molecule has 1 heterocycles. The molecule has 0 bridgehead atoms. The average molecular weight is 333 g/mol. The third-order valence-electron chi connectivity index (χ3n) is 3.27. The van der Waals surface area contributed by atoms with Crippen LogP contribution in [0.15, 0.2) is 22.7 Å². The predicted molar refractivity (Wildman–Crippen MR) is 74.9 cm³/mol. The number of hydrogen-bond donors (Lipinski definition) is 1. The van der Waals surface area contributed by atoms with Gasteiger partial charge >= 0.3 is 0 Å². The van der Waals surface area contributed by atoms with E-state index in [-0.39, 0.29) is 12.5 Å². The van der Waals surface area contributed by atoms with Gasteiger partial charge < -0.3 is 10.0 Å². The van der Waals surface area contributed by atoms with Gasteiger partial charge in [0.25, 0.3) is 5.91 Å². The van der Waals surface area contributed by atoms with Gasteiger partial charge in [-0.3, -0.25) is 4.79 Å². The second-order valence-corrected chi connectivity index (χ2v) is 5.83. The fraction of sp³-hybridized carbons (Fsp3) is 0.462. The minimum atomic E-state index is 0.0268. The summed E-state index contributed by atoms with van der Waals surface area (Å²) in [6.45, 7) is 1.68. The molecule has 1 aromatic rings. The lowest BCUT2D eigenvalue weighted by atomic mass is 10.1. The minimum Gasteiger partial charge on any atom is -0.396 e. The van der Waals surface area contributed by atoms with Crippen molar-refractivity contribution in [3.8, 4) is 0 Å². The first-order chi connectivity index (χ1) is 8.61. The third kappa shape index (κ3) is 3.05. The van der Waals surface area contributed by atoms with E-state index in [4.69, 9.17) is 16.7 Å². The summed E-state index contributed by atoms with van der Waals surface area (Å²) in [5.41, 5.74) is 0.643. The minimum absolute atomic E-state index is 0.0268. The maximum absolute atomic E-state index is 12.3. The quantitative estimate of drug-likeness (QED) is 0.924. The Balaban J connectivity index is 2.08. The maximum atomic E-state index is 12.3. The van der Waals surface area contributed by atoms with Crippen molar-refractivity contribution in [2.75, 3.05) is 19.7 Å². The van der Waals surface area contributed by atoms with E-state index in [2.05, 4.69) is 15.9 Å². The van der Waals surface area contributed by atoms with Crippen molar-refractivity contribution in [2.24, 2.45) is 5.92 Å². The van der Waals surface area contributed by atoms with Crippen molar-refractivity contribution < 1.29 is 9.90 Å². The highest BCUT2D eigenvalue weighted by Gasteiger charge is 2.27. The first-order valence-electron chi connectivity index (χ1n) is 5.97. The van der Waals surface area contributed by atoms with Crippen LogP contribution in [0, 0.1) is 5.92 Å². The number of aliphatic hydroxyl groups excluding tert-OH is 1. The van der Waals surface area contributed by atoms with Crippen LogP contribution < -0.4 is 0 Å². The number of hydrogen-bond acceptors (Lipinski definition) is 2. The molecule has 1 saturated heterocycles. The number of amides is 1.